The highest BCUT2D eigenvalue weighted by Gasteiger charge is 2.52. The second-order valence-electron chi connectivity index (χ2n) is 11.4. The van der Waals surface area contributed by atoms with E-state index in [-0.39, 0.29) is 47.4 Å². The van der Waals surface area contributed by atoms with E-state index in [1.807, 2.05) is 49.4 Å². The zero-order valence-corrected chi connectivity index (χ0v) is 24.1. The summed E-state index contributed by atoms with van der Waals surface area (Å²) in [5, 5.41) is 13.8. The van der Waals surface area contributed by atoms with Crippen LogP contribution in [0.2, 0.25) is 10.0 Å². The Bertz CT molecular complexity index is 1350. The van der Waals surface area contributed by atoms with Crippen molar-refractivity contribution < 1.29 is 23.1 Å². The number of nitrogens with one attached hydrogen (secondary N) is 2. The first kappa shape index (κ1) is 28.4. The molecule has 5 rings (SSSR count). The third-order valence-electron chi connectivity index (χ3n) is 8.78. The normalized spacial score (nSPS) is 29.5. The first-order valence-electron chi connectivity index (χ1n) is 13.6. The zero-order chi connectivity index (χ0) is 27.9. The number of aliphatic carboxylic acids is 1. The highest BCUT2D eigenvalue weighted by atomic mass is 35.5. The van der Waals surface area contributed by atoms with Crippen LogP contribution < -0.4 is 10.0 Å². The Hall–Kier alpha value is -2.13. The molecule has 2 aromatic rings. The second kappa shape index (κ2) is 11.0. The summed E-state index contributed by atoms with van der Waals surface area (Å²) in [5.41, 5.74) is 0.967. The Morgan fingerprint density at radius 2 is 1.87 bits per heavy atom. The molecule has 10 heteroatoms. The molecule has 6 atom stereocenters. The van der Waals surface area contributed by atoms with Crippen LogP contribution >= 0.6 is 23.2 Å². The number of sulfonamides is 1. The molecule has 2 aromatic carbocycles. The molecule has 39 heavy (non-hydrogen) atoms. The summed E-state index contributed by atoms with van der Waals surface area (Å²) in [4.78, 5) is 25.3. The maximum absolute atomic E-state index is 13.5. The summed E-state index contributed by atoms with van der Waals surface area (Å²) in [6.45, 7) is 1.86. The molecule has 0 radical (unpaired) electrons. The summed E-state index contributed by atoms with van der Waals surface area (Å²) < 4.78 is 28.2. The molecule has 1 aliphatic heterocycles. The Morgan fingerprint density at radius 3 is 2.49 bits per heavy atom. The molecule has 2 unspecified atom stereocenters. The molecule has 7 nitrogen and oxygen atoms in total. The average Bonchev–Trinajstić information content (AvgIpc) is 3.80. The largest absolute Gasteiger partial charge is 0.481 e. The van der Waals surface area contributed by atoms with Gasteiger partial charge in [-0.2, -0.15) is 0 Å². The SMILES string of the molecule is CC[C@@]1(CC(=O)O)C[C@H](c2cccc(Cl)c2)[C@H](C[C@H](c2ccc(Cl)cc2)C2CC2NS(=O)(=O)C2CC2)NC1=O. The Morgan fingerprint density at radius 1 is 1.15 bits per heavy atom. The molecule has 3 N–H and O–H groups in total. The van der Waals surface area contributed by atoms with Gasteiger partial charge in [-0.3, -0.25) is 9.59 Å². The lowest BCUT2D eigenvalue weighted by Crippen LogP contribution is -2.55. The number of carboxylic acid groups (broad SMARTS) is 1. The van der Waals surface area contributed by atoms with Crippen molar-refractivity contribution >= 4 is 45.1 Å². The fraction of sp³-hybridized carbons (Fsp3) is 0.517. The van der Waals surface area contributed by atoms with Gasteiger partial charge >= 0.3 is 5.97 Å². The van der Waals surface area contributed by atoms with Crippen molar-refractivity contribution in [1.82, 2.24) is 10.0 Å². The van der Waals surface area contributed by atoms with Gasteiger partial charge < -0.3 is 10.4 Å². The van der Waals surface area contributed by atoms with E-state index in [1.165, 1.54) is 0 Å². The summed E-state index contributed by atoms with van der Waals surface area (Å²) >= 11 is 12.5. The van der Waals surface area contributed by atoms with Gasteiger partial charge in [-0.1, -0.05) is 54.4 Å². The van der Waals surface area contributed by atoms with Gasteiger partial charge in [0.25, 0.3) is 0 Å². The Labute approximate surface area is 239 Å². The van der Waals surface area contributed by atoms with Crippen molar-refractivity contribution in [2.75, 3.05) is 0 Å². The summed E-state index contributed by atoms with van der Waals surface area (Å²) in [6.07, 6.45) is 3.26. The number of halogens is 2. The van der Waals surface area contributed by atoms with Crippen molar-refractivity contribution in [2.24, 2.45) is 11.3 Å². The number of carbonyl (C=O) groups excluding carboxylic acids is 1. The first-order valence-corrected chi connectivity index (χ1v) is 15.9. The lowest BCUT2D eigenvalue weighted by molar-refractivity contribution is -0.148. The third kappa shape index (κ3) is 6.29. The molecule has 210 valence electrons. The molecule has 1 heterocycles. The number of hydrogen-bond acceptors (Lipinski definition) is 4. The Kier molecular flexibility index (Phi) is 8.04. The number of benzene rings is 2. The third-order valence-corrected chi connectivity index (χ3v) is 11.2. The number of carboxylic acids is 1. The van der Waals surface area contributed by atoms with Crippen LogP contribution in [0.25, 0.3) is 0 Å². The molecule has 1 amide bonds. The van der Waals surface area contributed by atoms with Crippen molar-refractivity contribution in [2.45, 2.75) is 81.0 Å². The number of hydrogen-bond donors (Lipinski definition) is 3. The highest BCUT2D eigenvalue weighted by molar-refractivity contribution is 7.90. The lowest BCUT2D eigenvalue weighted by atomic mass is 9.65. The van der Waals surface area contributed by atoms with Crippen molar-refractivity contribution in [3.05, 3.63) is 69.7 Å². The predicted octanol–water partition coefficient (Wildman–Crippen LogP) is 5.48. The van der Waals surface area contributed by atoms with E-state index in [2.05, 4.69) is 10.0 Å². The molecule has 0 bridgehead atoms. The van der Waals surface area contributed by atoms with E-state index in [4.69, 9.17) is 23.2 Å². The molecule has 2 aliphatic carbocycles. The summed E-state index contributed by atoms with van der Waals surface area (Å²) in [6, 6.07) is 14.7. The molecule has 3 aliphatic rings. The fourth-order valence-corrected chi connectivity index (χ4v) is 8.25. The van der Waals surface area contributed by atoms with Crippen molar-refractivity contribution in [3.8, 4) is 0 Å². The van der Waals surface area contributed by atoms with Gasteiger partial charge in [-0.25, -0.2) is 13.1 Å². The number of amides is 1. The molecule has 2 saturated carbocycles. The maximum Gasteiger partial charge on any atom is 0.304 e. The number of rotatable bonds is 11. The standard InChI is InChI=1S/C29H34Cl2N2O5S/c1-2-29(16-27(34)35)15-24(18-4-3-5-20(31)12-18)25(32-28(29)36)13-22(17-6-8-19(30)9-7-17)23-14-26(23)33-39(37,38)21-10-11-21/h3-9,12,21-26,33H,2,10-11,13-16H2,1H3,(H,32,36)(H,34,35)/t22-,23?,24-,25+,26?,29+/m1/s1. The van der Waals surface area contributed by atoms with E-state index < -0.39 is 21.4 Å². The number of carbonyl (C=O) groups is 2. The molecule has 1 saturated heterocycles. The van der Waals surface area contributed by atoms with Crippen molar-refractivity contribution in [1.29, 1.82) is 0 Å². The highest BCUT2D eigenvalue weighted by Crippen LogP contribution is 2.50. The minimum Gasteiger partial charge on any atom is -0.481 e. The maximum atomic E-state index is 13.5. The molecule has 0 aromatic heterocycles. The molecule has 0 spiro atoms. The van der Waals surface area contributed by atoms with Gasteiger partial charge in [0.2, 0.25) is 15.9 Å². The van der Waals surface area contributed by atoms with Crippen LogP contribution in [0.1, 0.15) is 74.8 Å². The average molecular weight is 594 g/mol. The topological polar surface area (TPSA) is 113 Å². The minimum atomic E-state index is -3.32. The number of piperidine rings is 1. The predicted molar refractivity (Wildman–Crippen MR) is 151 cm³/mol. The molecular weight excluding hydrogens is 559 g/mol. The van der Waals surface area contributed by atoms with E-state index in [1.54, 1.807) is 6.07 Å². The lowest BCUT2D eigenvalue weighted by Gasteiger charge is -2.44. The minimum absolute atomic E-state index is 0.0326. The zero-order valence-electron chi connectivity index (χ0n) is 21.8. The monoisotopic (exact) mass is 592 g/mol. The van der Waals surface area contributed by atoms with E-state index in [0.29, 0.717) is 42.1 Å². The molecular formula is C29H34Cl2N2O5S. The van der Waals surface area contributed by atoms with E-state index >= 15 is 0 Å². The van der Waals surface area contributed by atoms with Crippen LogP contribution in [0.3, 0.4) is 0 Å². The van der Waals surface area contributed by atoms with Crippen LogP contribution in [0.5, 0.6) is 0 Å². The van der Waals surface area contributed by atoms with Crippen LogP contribution in [-0.2, 0) is 19.6 Å². The van der Waals surface area contributed by atoms with E-state index in [0.717, 1.165) is 17.5 Å². The first-order chi connectivity index (χ1) is 18.5. The Balaban J connectivity index is 1.46. The van der Waals surface area contributed by atoms with Crippen LogP contribution in [0.4, 0.5) is 0 Å². The van der Waals surface area contributed by atoms with Crippen LogP contribution in [-0.4, -0.2) is 42.7 Å². The van der Waals surface area contributed by atoms with E-state index in [9.17, 15) is 23.1 Å². The summed E-state index contributed by atoms with van der Waals surface area (Å²) in [7, 11) is -3.32. The second-order valence-corrected chi connectivity index (χ2v) is 14.3. The summed E-state index contributed by atoms with van der Waals surface area (Å²) in [5.74, 6) is -1.36. The van der Waals surface area contributed by atoms with Gasteiger partial charge in [0.1, 0.15) is 0 Å². The van der Waals surface area contributed by atoms with Gasteiger partial charge in [0, 0.05) is 28.0 Å². The fourth-order valence-electron chi connectivity index (χ4n) is 6.28. The van der Waals surface area contributed by atoms with Crippen LogP contribution in [0, 0.1) is 11.3 Å². The molecule has 3 fully saturated rings. The van der Waals surface area contributed by atoms with Gasteiger partial charge in [-0.05, 0) is 85.8 Å². The van der Waals surface area contributed by atoms with Gasteiger partial charge in [-0.15, -0.1) is 0 Å². The van der Waals surface area contributed by atoms with Crippen LogP contribution in [0.15, 0.2) is 48.5 Å². The van der Waals surface area contributed by atoms with Gasteiger partial charge in [0.05, 0.1) is 17.1 Å². The van der Waals surface area contributed by atoms with Crippen molar-refractivity contribution in [3.63, 3.8) is 0 Å². The quantitative estimate of drug-likeness (QED) is 0.320. The van der Waals surface area contributed by atoms with Gasteiger partial charge in [0.15, 0.2) is 0 Å². The smallest absolute Gasteiger partial charge is 0.304 e.